The van der Waals surface area contributed by atoms with Crippen LogP contribution >= 0.6 is 0 Å². The maximum absolute atomic E-state index is 8.50. The zero-order valence-corrected chi connectivity index (χ0v) is 7.97. The summed E-state index contributed by atoms with van der Waals surface area (Å²) in [5.74, 6) is 0. The Hall–Kier alpha value is -0.726. The summed E-state index contributed by atoms with van der Waals surface area (Å²) in [5.41, 5.74) is 2.66. The Balaban J connectivity index is 0.000000213. The molecule has 0 N–H and O–H groups in total. The molecule has 2 nitrogen and oxygen atoms in total. The summed E-state index contributed by atoms with van der Waals surface area (Å²) in [6, 6.07) is 8.36. The standard InChI is InChI=1S/C9H7.2O.Ti/c1-2-5-9-7-3-6-8(9)4-1;;;/h1-5H,6H2;;;/q-1;;;. The fourth-order valence-corrected chi connectivity index (χ4v) is 1.11. The van der Waals surface area contributed by atoms with Crippen LogP contribution in [0.4, 0.5) is 0 Å². The third kappa shape index (κ3) is 2.40. The number of hydrogen-bond acceptors (Lipinski definition) is 2. The molecule has 0 saturated heterocycles. The Morgan fingerprint density at radius 3 is 2.58 bits per heavy atom. The topological polar surface area (TPSA) is 34.1 Å². The van der Waals surface area contributed by atoms with E-state index in [9.17, 15) is 0 Å². The van der Waals surface area contributed by atoms with E-state index in [4.69, 9.17) is 6.65 Å². The second kappa shape index (κ2) is 5.02. The van der Waals surface area contributed by atoms with Crippen LogP contribution in [-0.4, -0.2) is 0 Å². The summed E-state index contributed by atoms with van der Waals surface area (Å²) in [6.07, 6.45) is 6.31. The first kappa shape index (κ1) is 9.36. The molecule has 0 unspecified atom stereocenters. The third-order valence-electron chi connectivity index (χ3n) is 1.60. The number of rotatable bonds is 0. The molecule has 0 fully saturated rings. The van der Waals surface area contributed by atoms with Gasteiger partial charge in [-0.05, 0) is 0 Å². The summed E-state index contributed by atoms with van der Waals surface area (Å²) in [5, 5.41) is 0. The maximum atomic E-state index is 8.50. The van der Waals surface area contributed by atoms with Crippen molar-refractivity contribution in [2.45, 2.75) is 6.42 Å². The summed E-state index contributed by atoms with van der Waals surface area (Å²) in [4.78, 5) is 0. The van der Waals surface area contributed by atoms with Crippen LogP contribution in [0.25, 0.3) is 0 Å². The molecular weight excluding hydrogens is 188 g/mol. The molecule has 60 valence electrons. The molecule has 0 amide bonds. The zero-order chi connectivity index (χ0) is 8.81. The summed E-state index contributed by atoms with van der Waals surface area (Å²) >= 11 is -2.00. The van der Waals surface area contributed by atoms with E-state index in [2.05, 4.69) is 30.4 Å². The predicted octanol–water partition coefficient (Wildman–Crippen LogP) is 1.71. The average molecular weight is 195 g/mol. The van der Waals surface area contributed by atoms with Gasteiger partial charge in [0.25, 0.3) is 0 Å². The van der Waals surface area contributed by atoms with Crippen molar-refractivity contribution in [3.63, 3.8) is 0 Å². The van der Waals surface area contributed by atoms with E-state index in [1.54, 1.807) is 0 Å². The van der Waals surface area contributed by atoms with Gasteiger partial charge in [-0.3, -0.25) is 0 Å². The van der Waals surface area contributed by atoms with Gasteiger partial charge in [0.2, 0.25) is 0 Å². The molecule has 0 heterocycles. The van der Waals surface area contributed by atoms with Gasteiger partial charge < -0.3 is 0 Å². The quantitative estimate of drug-likeness (QED) is 0.466. The van der Waals surface area contributed by atoms with Crippen molar-refractivity contribution >= 4 is 0 Å². The molecule has 0 bridgehead atoms. The molecule has 0 atom stereocenters. The van der Waals surface area contributed by atoms with Gasteiger partial charge >= 0.3 is 25.7 Å². The first-order valence-electron chi connectivity index (χ1n) is 3.54. The Morgan fingerprint density at radius 1 is 1.25 bits per heavy atom. The number of allylic oxidation sites excluding steroid dienone is 1. The number of hydrogen-bond donors (Lipinski definition) is 0. The fourth-order valence-electron chi connectivity index (χ4n) is 1.11. The van der Waals surface area contributed by atoms with E-state index in [0.717, 1.165) is 6.42 Å². The molecule has 0 aliphatic heterocycles. The van der Waals surface area contributed by atoms with Gasteiger partial charge in [-0.1, -0.05) is 12.5 Å². The minimum absolute atomic E-state index is 1.07. The number of benzene rings is 1. The van der Waals surface area contributed by atoms with Gasteiger partial charge in [0.1, 0.15) is 0 Å². The molecule has 12 heavy (non-hydrogen) atoms. The van der Waals surface area contributed by atoms with Crippen molar-refractivity contribution in [3.05, 3.63) is 47.5 Å². The van der Waals surface area contributed by atoms with Crippen LogP contribution < -0.4 is 0 Å². The van der Waals surface area contributed by atoms with Crippen LogP contribution in [0.1, 0.15) is 11.1 Å². The molecule has 0 saturated carbocycles. The van der Waals surface area contributed by atoms with Crippen molar-refractivity contribution in [2.24, 2.45) is 0 Å². The summed E-state index contributed by atoms with van der Waals surface area (Å²) < 4.78 is 17.0. The molecule has 0 aromatic heterocycles. The molecule has 3 heteroatoms. The first-order chi connectivity index (χ1) is 5.88. The van der Waals surface area contributed by atoms with Crippen LogP contribution in [-0.2, 0) is 32.2 Å². The van der Waals surface area contributed by atoms with Crippen molar-refractivity contribution in [1.29, 1.82) is 0 Å². The molecule has 1 aromatic rings. The van der Waals surface area contributed by atoms with Gasteiger partial charge in [0.15, 0.2) is 0 Å². The van der Waals surface area contributed by atoms with E-state index < -0.39 is 19.1 Å². The minimum atomic E-state index is -2.00. The number of fused-ring (bicyclic) bond motifs is 1. The molecular formula is C9H7O2Ti-. The second-order valence-electron chi connectivity index (χ2n) is 2.29. The van der Waals surface area contributed by atoms with Crippen molar-refractivity contribution in [2.75, 3.05) is 0 Å². The molecule has 2 rings (SSSR count). The van der Waals surface area contributed by atoms with Crippen LogP contribution in [0.15, 0.2) is 30.3 Å². The van der Waals surface area contributed by atoms with Crippen LogP contribution in [0.2, 0.25) is 0 Å². The van der Waals surface area contributed by atoms with Gasteiger partial charge in [0, 0.05) is 0 Å². The Labute approximate surface area is 79.9 Å². The van der Waals surface area contributed by atoms with Gasteiger partial charge in [-0.15, -0.1) is 17.7 Å². The monoisotopic (exact) mass is 195 g/mol. The summed E-state index contributed by atoms with van der Waals surface area (Å²) in [6.45, 7) is 0. The third-order valence-corrected chi connectivity index (χ3v) is 1.60. The van der Waals surface area contributed by atoms with E-state index in [1.165, 1.54) is 11.1 Å². The van der Waals surface area contributed by atoms with E-state index >= 15 is 0 Å². The average Bonchev–Trinajstić information content (AvgIpc) is 2.52. The molecule has 0 spiro atoms. The second-order valence-corrected chi connectivity index (χ2v) is 2.55. The SMILES string of the molecule is [C-]1=CCc2ccccc21.[O]=[Ti]=[O]. The van der Waals surface area contributed by atoms with Crippen molar-refractivity contribution in [1.82, 2.24) is 0 Å². The van der Waals surface area contributed by atoms with Crippen LogP contribution in [0.3, 0.4) is 0 Å². The molecule has 0 radical (unpaired) electrons. The van der Waals surface area contributed by atoms with Crippen LogP contribution in [0, 0.1) is 6.08 Å². The zero-order valence-electron chi connectivity index (χ0n) is 6.41. The predicted molar refractivity (Wildman–Crippen MR) is 38.4 cm³/mol. The van der Waals surface area contributed by atoms with Gasteiger partial charge in [-0.25, -0.2) is 0 Å². The van der Waals surface area contributed by atoms with Crippen molar-refractivity contribution < 1.29 is 25.7 Å². The first-order valence-corrected chi connectivity index (χ1v) is 4.81. The molecule has 1 aliphatic rings. The van der Waals surface area contributed by atoms with E-state index in [1.807, 2.05) is 6.07 Å². The Kier molecular flexibility index (Phi) is 3.91. The van der Waals surface area contributed by atoms with Crippen LogP contribution in [0.5, 0.6) is 0 Å². The van der Waals surface area contributed by atoms with Crippen molar-refractivity contribution in [3.8, 4) is 0 Å². The fraction of sp³-hybridized carbons (Fsp3) is 0.111. The van der Waals surface area contributed by atoms with Gasteiger partial charge in [0.05, 0.1) is 0 Å². The normalized spacial score (nSPS) is 11.0. The van der Waals surface area contributed by atoms with Gasteiger partial charge in [-0.2, -0.15) is 23.8 Å². The van der Waals surface area contributed by atoms with E-state index in [0.29, 0.717) is 0 Å². The Morgan fingerprint density at radius 2 is 1.92 bits per heavy atom. The molecule has 1 aromatic carbocycles. The van der Waals surface area contributed by atoms with E-state index in [-0.39, 0.29) is 0 Å². The Bertz CT molecular complexity index is 325. The molecule has 1 aliphatic carbocycles. The summed E-state index contributed by atoms with van der Waals surface area (Å²) in [7, 11) is 0.